The van der Waals surface area contributed by atoms with Gasteiger partial charge in [-0.3, -0.25) is 4.79 Å². The Hall–Kier alpha value is -2.02. The normalized spacial score (nSPS) is 12.3. The monoisotopic (exact) mass is 314 g/mol. The highest BCUT2D eigenvalue weighted by Gasteiger charge is 2.36. The topological polar surface area (TPSA) is 56.3 Å². The first-order chi connectivity index (χ1) is 10.2. The van der Waals surface area contributed by atoms with Gasteiger partial charge in [-0.05, 0) is 37.7 Å². The minimum absolute atomic E-state index is 0.132. The molecule has 1 aromatic heterocycles. The lowest BCUT2D eigenvalue weighted by Crippen LogP contribution is -2.17. The van der Waals surface area contributed by atoms with E-state index in [1.54, 1.807) is 31.1 Å². The molecule has 1 heterocycles. The predicted octanol–water partition coefficient (Wildman–Crippen LogP) is 2.92. The van der Waals surface area contributed by atoms with Gasteiger partial charge in [-0.2, -0.15) is 13.2 Å². The second-order valence-corrected chi connectivity index (χ2v) is 5.44. The number of nitrogens with one attached hydrogen (secondary N) is 1. The lowest BCUT2D eigenvalue weighted by atomic mass is 10.00. The van der Waals surface area contributed by atoms with Gasteiger partial charge >= 0.3 is 12.1 Å². The minimum Gasteiger partial charge on any atom is -0.481 e. The second kappa shape index (κ2) is 6.00. The van der Waals surface area contributed by atoms with Gasteiger partial charge in [-0.15, -0.1) is 0 Å². The van der Waals surface area contributed by atoms with E-state index in [9.17, 15) is 18.0 Å². The van der Waals surface area contributed by atoms with Crippen molar-refractivity contribution in [2.75, 3.05) is 20.6 Å². The molecule has 1 aromatic carbocycles. The number of aromatic nitrogens is 1. The van der Waals surface area contributed by atoms with Gasteiger partial charge in [-0.25, -0.2) is 0 Å². The number of alkyl halides is 3. The zero-order valence-electron chi connectivity index (χ0n) is 12.3. The Morgan fingerprint density at radius 2 is 2.00 bits per heavy atom. The molecule has 7 heteroatoms. The Labute approximate surface area is 125 Å². The zero-order valence-corrected chi connectivity index (χ0v) is 12.3. The number of fused-ring (bicyclic) bond motifs is 1. The van der Waals surface area contributed by atoms with Gasteiger partial charge in [0.05, 0.1) is 6.42 Å². The van der Waals surface area contributed by atoms with E-state index in [1.165, 1.54) is 6.07 Å². The summed E-state index contributed by atoms with van der Waals surface area (Å²) in [5.74, 6) is -1.07. The van der Waals surface area contributed by atoms with Gasteiger partial charge < -0.3 is 15.0 Å². The number of carboxylic acids is 1. The number of carbonyl (C=O) groups is 1. The van der Waals surface area contributed by atoms with Gasteiger partial charge in [0.25, 0.3) is 0 Å². The Morgan fingerprint density at radius 3 is 2.55 bits per heavy atom. The maximum atomic E-state index is 13.2. The quantitative estimate of drug-likeness (QED) is 0.892. The highest BCUT2D eigenvalue weighted by Crippen LogP contribution is 2.37. The van der Waals surface area contributed by atoms with Crippen LogP contribution >= 0.6 is 0 Å². The standard InChI is InChI=1S/C15H17F3N2O2/c1-20(2)7-6-10-13-9(8-12(21)22)4-3-5-11(13)19-14(10)15(16,17)18/h3-5,19H,6-8H2,1-2H3,(H,21,22). The highest BCUT2D eigenvalue weighted by atomic mass is 19.4. The van der Waals surface area contributed by atoms with E-state index in [1.807, 2.05) is 0 Å². The molecule has 0 spiro atoms. The number of hydrogen-bond acceptors (Lipinski definition) is 2. The van der Waals surface area contributed by atoms with Crippen molar-refractivity contribution in [2.45, 2.75) is 19.0 Å². The summed E-state index contributed by atoms with van der Waals surface area (Å²) in [7, 11) is 3.56. The maximum Gasteiger partial charge on any atom is 0.431 e. The van der Waals surface area contributed by atoms with E-state index in [4.69, 9.17) is 5.11 Å². The lowest BCUT2D eigenvalue weighted by molar-refractivity contribution is -0.141. The summed E-state index contributed by atoms with van der Waals surface area (Å²) in [6, 6.07) is 4.66. The molecule has 2 aromatic rings. The fourth-order valence-corrected chi connectivity index (χ4v) is 2.53. The average molecular weight is 314 g/mol. The number of rotatable bonds is 5. The van der Waals surface area contributed by atoms with E-state index in [-0.39, 0.29) is 18.4 Å². The molecular weight excluding hydrogens is 297 g/mol. The number of H-pyrrole nitrogens is 1. The molecule has 2 N–H and O–H groups in total. The van der Waals surface area contributed by atoms with E-state index in [2.05, 4.69) is 4.98 Å². The summed E-state index contributed by atoms with van der Waals surface area (Å²) in [6.07, 6.45) is -4.61. The molecule has 4 nitrogen and oxygen atoms in total. The molecule has 0 aliphatic rings. The number of carboxylic acid groups (broad SMARTS) is 1. The van der Waals surface area contributed by atoms with Crippen LogP contribution in [0, 0.1) is 0 Å². The third kappa shape index (κ3) is 3.41. The maximum absolute atomic E-state index is 13.2. The first-order valence-corrected chi connectivity index (χ1v) is 6.76. The zero-order chi connectivity index (χ0) is 16.5. The summed E-state index contributed by atoms with van der Waals surface area (Å²) in [4.78, 5) is 15.1. The van der Waals surface area contributed by atoms with Gasteiger partial charge in [0.15, 0.2) is 0 Å². The molecule has 2 rings (SSSR count). The third-order valence-corrected chi connectivity index (χ3v) is 3.45. The van der Waals surface area contributed by atoms with Gasteiger partial charge in [0, 0.05) is 17.4 Å². The molecule has 0 amide bonds. The minimum atomic E-state index is -4.50. The van der Waals surface area contributed by atoms with Crippen molar-refractivity contribution < 1.29 is 23.1 Å². The van der Waals surface area contributed by atoms with Crippen LogP contribution < -0.4 is 0 Å². The highest BCUT2D eigenvalue weighted by molar-refractivity contribution is 5.91. The fraction of sp³-hybridized carbons (Fsp3) is 0.400. The first-order valence-electron chi connectivity index (χ1n) is 6.76. The summed E-state index contributed by atoms with van der Waals surface area (Å²) in [5.41, 5.74) is 0.0561. The molecule has 0 fully saturated rings. The van der Waals surface area contributed by atoms with Crippen molar-refractivity contribution in [1.29, 1.82) is 0 Å². The van der Waals surface area contributed by atoms with Crippen molar-refractivity contribution in [3.63, 3.8) is 0 Å². The predicted molar refractivity (Wildman–Crippen MR) is 76.9 cm³/mol. The first kappa shape index (κ1) is 16.4. The van der Waals surface area contributed by atoms with Gasteiger partial charge in [0.2, 0.25) is 0 Å². The number of aromatic amines is 1. The van der Waals surface area contributed by atoms with E-state index in [0.29, 0.717) is 23.0 Å². The van der Waals surface area contributed by atoms with Crippen molar-refractivity contribution >= 4 is 16.9 Å². The number of hydrogen-bond donors (Lipinski definition) is 2. The van der Waals surface area contributed by atoms with Crippen LogP contribution in [0.4, 0.5) is 13.2 Å². The molecule has 0 radical (unpaired) electrons. The molecule has 0 saturated heterocycles. The van der Waals surface area contributed by atoms with Crippen LogP contribution in [0.3, 0.4) is 0 Å². The molecule has 0 bridgehead atoms. The number of aliphatic carboxylic acids is 1. The van der Waals surface area contributed by atoms with E-state index in [0.717, 1.165) is 0 Å². The van der Waals surface area contributed by atoms with Crippen LogP contribution in [-0.2, 0) is 23.8 Å². The fourth-order valence-electron chi connectivity index (χ4n) is 2.53. The van der Waals surface area contributed by atoms with Gasteiger partial charge in [0.1, 0.15) is 5.69 Å². The number of nitrogens with zero attached hydrogens (tertiary/aromatic N) is 1. The van der Waals surface area contributed by atoms with Crippen LogP contribution in [-0.4, -0.2) is 41.6 Å². The van der Waals surface area contributed by atoms with Crippen LogP contribution in [0.1, 0.15) is 16.8 Å². The number of benzene rings is 1. The Bertz CT molecular complexity index is 690. The summed E-state index contributed by atoms with van der Waals surface area (Å²) in [5, 5.41) is 9.34. The van der Waals surface area contributed by atoms with E-state index >= 15 is 0 Å². The Kier molecular flexibility index (Phi) is 4.46. The largest absolute Gasteiger partial charge is 0.481 e. The summed E-state index contributed by atoms with van der Waals surface area (Å²) in [6.45, 7) is 0.442. The molecule has 0 saturated carbocycles. The van der Waals surface area contributed by atoms with Crippen LogP contribution in [0.5, 0.6) is 0 Å². The molecule has 0 atom stereocenters. The number of likely N-dealkylation sites (N-methyl/N-ethyl adjacent to an activating group) is 1. The van der Waals surface area contributed by atoms with Crippen molar-refractivity contribution in [3.8, 4) is 0 Å². The molecule has 0 aliphatic heterocycles. The van der Waals surface area contributed by atoms with E-state index < -0.39 is 17.8 Å². The number of halogens is 3. The van der Waals surface area contributed by atoms with Crippen molar-refractivity contribution in [1.82, 2.24) is 9.88 Å². The smallest absolute Gasteiger partial charge is 0.431 e. The van der Waals surface area contributed by atoms with Crippen molar-refractivity contribution in [2.24, 2.45) is 0 Å². The lowest BCUT2D eigenvalue weighted by Gasteiger charge is -2.13. The Morgan fingerprint density at radius 1 is 1.32 bits per heavy atom. The summed E-state index contributed by atoms with van der Waals surface area (Å²) < 4.78 is 39.7. The molecule has 120 valence electrons. The van der Waals surface area contributed by atoms with Crippen LogP contribution in [0.2, 0.25) is 0 Å². The van der Waals surface area contributed by atoms with Gasteiger partial charge in [-0.1, -0.05) is 12.1 Å². The average Bonchev–Trinajstić information content (AvgIpc) is 2.75. The SMILES string of the molecule is CN(C)CCc1c(C(F)(F)F)[nH]c2cccc(CC(=O)O)c12. The molecule has 0 aliphatic carbocycles. The second-order valence-electron chi connectivity index (χ2n) is 5.44. The molecule has 22 heavy (non-hydrogen) atoms. The summed E-state index contributed by atoms with van der Waals surface area (Å²) >= 11 is 0. The Balaban J connectivity index is 2.64. The van der Waals surface area contributed by atoms with Crippen LogP contribution in [0.25, 0.3) is 10.9 Å². The third-order valence-electron chi connectivity index (χ3n) is 3.45. The van der Waals surface area contributed by atoms with Crippen LogP contribution in [0.15, 0.2) is 18.2 Å². The van der Waals surface area contributed by atoms with Crippen molar-refractivity contribution in [3.05, 3.63) is 35.0 Å². The molecule has 0 unspecified atom stereocenters. The molecular formula is C15H17F3N2O2.